The van der Waals surface area contributed by atoms with E-state index in [1.54, 1.807) is 0 Å². The fraction of sp³-hybridized carbons (Fsp3) is 0.867. The maximum Gasteiger partial charge on any atom is 0.000918 e. The van der Waals surface area contributed by atoms with E-state index >= 15 is 0 Å². The average molecular weight is 279 g/mol. The summed E-state index contributed by atoms with van der Waals surface area (Å²) in [7, 11) is 4.30. The summed E-state index contributed by atoms with van der Waals surface area (Å²) in [5.74, 6) is 1.67. The van der Waals surface area contributed by atoms with E-state index in [0.29, 0.717) is 0 Å². The second-order valence-electron chi connectivity index (χ2n) is 5.62. The van der Waals surface area contributed by atoms with Crippen LogP contribution in [0.4, 0.5) is 0 Å². The van der Waals surface area contributed by atoms with Crippen LogP contribution in [0.15, 0.2) is 12.7 Å². The summed E-state index contributed by atoms with van der Waals surface area (Å²) in [6.45, 7) is 5.11. The largest absolute Gasteiger partial charge is 0.309 e. The summed E-state index contributed by atoms with van der Waals surface area (Å²) in [5, 5.41) is 0. The first-order valence-electron chi connectivity index (χ1n) is 7.01. The van der Waals surface area contributed by atoms with Gasteiger partial charge in [-0.15, -0.1) is 6.58 Å². The molecule has 2 aliphatic carbocycles. The van der Waals surface area contributed by atoms with Gasteiger partial charge in [-0.3, -0.25) is 0 Å². The van der Waals surface area contributed by atoms with E-state index < -0.39 is 0 Å². The molecule has 0 aromatic heterocycles. The van der Waals surface area contributed by atoms with E-state index in [4.69, 9.17) is 0 Å². The van der Waals surface area contributed by atoms with Gasteiger partial charge in [0, 0.05) is 23.6 Å². The van der Waals surface area contributed by atoms with Crippen molar-refractivity contribution < 1.29 is 17.1 Å². The molecule has 2 saturated carbocycles. The van der Waals surface area contributed by atoms with Crippen molar-refractivity contribution in [1.29, 1.82) is 0 Å². The van der Waals surface area contributed by atoms with Crippen LogP contribution >= 0.6 is 0 Å². The molecular weight excluding hydrogens is 250 g/mol. The van der Waals surface area contributed by atoms with E-state index in [9.17, 15) is 0 Å². The van der Waals surface area contributed by atoms with Crippen molar-refractivity contribution >= 4 is 0 Å². The van der Waals surface area contributed by atoms with Crippen LogP contribution in [0, 0.1) is 11.8 Å². The summed E-state index contributed by atoms with van der Waals surface area (Å²) >= 11 is 0. The van der Waals surface area contributed by atoms with Crippen LogP contribution in [0.5, 0.6) is 0 Å². The molecule has 1 nitrogen and oxygen atoms in total. The van der Waals surface area contributed by atoms with Gasteiger partial charge >= 0.3 is 0 Å². The van der Waals surface area contributed by atoms with Gasteiger partial charge in [0.1, 0.15) is 0 Å². The summed E-state index contributed by atoms with van der Waals surface area (Å²) < 4.78 is 0. The first kappa shape index (κ1) is 17.2. The molecule has 2 aliphatic rings. The van der Waals surface area contributed by atoms with Gasteiger partial charge in [-0.1, -0.05) is 44.6 Å². The molecule has 2 rings (SSSR count). The second kappa shape index (κ2) is 10.2. The van der Waals surface area contributed by atoms with Crippen molar-refractivity contribution in [1.82, 2.24) is 4.90 Å². The normalized spacial score (nSPS) is 27.2. The fourth-order valence-corrected chi connectivity index (χ4v) is 2.96. The van der Waals surface area contributed by atoms with E-state index in [2.05, 4.69) is 31.7 Å². The van der Waals surface area contributed by atoms with E-state index in [1.165, 1.54) is 57.9 Å². The molecule has 2 atom stereocenters. The zero-order valence-corrected chi connectivity index (χ0v) is 12.7. The van der Waals surface area contributed by atoms with Gasteiger partial charge in [0.2, 0.25) is 0 Å². The number of allylic oxidation sites excluding steroid dienone is 1. The summed E-state index contributed by atoms with van der Waals surface area (Å²) in [4.78, 5) is 2.28. The molecule has 17 heavy (non-hydrogen) atoms. The van der Waals surface area contributed by atoms with Crippen molar-refractivity contribution in [2.24, 2.45) is 11.8 Å². The maximum atomic E-state index is 3.88. The molecule has 0 heterocycles. The Labute approximate surface area is 119 Å². The number of nitrogens with zero attached hydrogens (tertiary/aromatic N) is 1. The molecule has 0 aromatic rings. The fourth-order valence-electron chi connectivity index (χ4n) is 2.96. The first-order valence-corrected chi connectivity index (χ1v) is 7.01. The molecule has 0 aromatic carbocycles. The molecule has 2 heteroatoms. The predicted octanol–water partition coefficient (Wildman–Crippen LogP) is 4.10. The van der Waals surface area contributed by atoms with Crippen LogP contribution in [0.2, 0.25) is 0 Å². The predicted molar refractivity (Wildman–Crippen MR) is 72.7 cm³/mol. The molecule has 0 aliphatic heterocycles. The molecule has 2 fully saturated rings. The average Bonchev–Trinajstić information content (AvgIpc) is 2.89. The SMILES string of the molecule is C1CCCC1.C=CC1CCCC1CN(C)C.[Fe]. The Bertz CT molecular complexity index is 180. The van der Waals surface area contributed by atoms with Gasteiger partial charge in [-0.2, -0.15) is 0 Å². The zero-order chi connectivity index (χ0) is 11.8. The molecular formula is C15H29FeN. The topological polar surface area (TPSA) is 3.24 Å². The number of hydrogen-bond acceptors (Lipinski definition) is 1. The maximum absolute atomic E-state index is 3.88. The molecule has 0 N–H and O–H groups in total. The number of hydrogen-bond donors (Lipinski definition) is 0. The molecule has 2 unspecified atom stereocenters. The van der Waals surface area contributed by atoms with Gasteiger partial charge in [0.25, 0.3) is 0 Å². The van der Waals surface area contributed by atoms with Crippen LogP contribution in [0.25, 0.3) is 0 Å². The molecule has 0 amide bonds. The first-order chi connectivity index (χ1) is 7.74. The third-order valence-electron chi connectivity index (χ3n) is 3.87. The Hall–Kier alpha value is 0.219. The van der Waals surface area contributed by atoms with Gasteiger partial charge < -0.3 is 4.90 Å². The van der Waals surface area contributed by atoms with Crippen LogP contribution in [-0.4, -0.2) is 25.5 Å². The third-order valence-corrected chi connectivity index (χ3v) is 3.87. The Morgan fingerprint density at radius 2 is 1.53 bits per heavy atom. The Balaban J connectivity index is 0.000000360. The second-order valence-corrected chi connectivity index (χ2v) is 5.62. The Morgan fingerprint density at radius 3 is 1.94 bits per heavy atom. The molecule has 102 valence electrons. The minimum atomic E-state index is 0. The Morgan fingerprint density at radius 1 is 1.00 bits per heavy atom. The molecule has 0 saturated heterocycles. The molecule has 0 radical (unpaired) electrons. The van der Waals surface area contributed by atoms with Crippen LogP contribution in [0.3, 0.4) is 0 Å². The standard InChI is InChI=1S/C10H19N.C5H10.Fe/c1-4-9-6-5-7-10(9)8-11(2)3;1-2-4-5-3-1;/h4,9-10H,1,5-8H2,2-3H3;1-5H2;. The van der Waals surface area contributed by atoms with Crippen molar-refractivity contribution in [2.45, 2.75) is 51.4 Å². The monoisotopic (exact) mass is 279 g/mol. The van der Waals surface area contributed by atoms with E-state index in [0.717, 1.165) is 11.8 Å². The minimum absolute atomic E-state index is 0. The molecule has 0 spiro atoms. The smallest absolute Gasteiger partial charge is 0.000918 e. The van der Waals surface area contributed by atoms with Gasteiger partial charge in [0.15, 0.2) is 0 Å². The van der Waals surface area contributed by atoms with Crippen LogP contribution in [0.1, 0.15) is 51.4 Å². The van der Waals surface area contributed by atoms with Crippen molar-refractivity contribution in [2.75, 3.05) is 20.6 Å². The van der Waals surface area contributed by atoms with E-state index in [-0.39, 0.29) is 17.1 Å². The zero-order valence-electron chi connectivity index (χ0n) is 11.6. The molecule has 0 bridgehead atoms. The third kappa shape index (κ3) is 7.28. The summed E-state index contributed by atoms with van der Waals surface area (Å²) in [5.41, 5.74) is 0. The van der Waals surface area contributed by atoms with Gasteiger partial charge in [-0.05, 0) is 38.8 Å². The van der Waals surface area contributed by atoms with Crippen LogP contribution < -0.4 is 0 Å². The minimum Gasteiger partial charge on any atom is -0.309 e. The summed E-state index contributed by atoms with van der Waals surface area (Å²) in [6, 6.07) is 0. The Kier molecular flexibility index (Phi) is 10.3. The van der Waals surface area contributed by atoms with Crippen molar-refractivity contribution in [3.05, 3.63) is 12.7 Å². The van der Waals surface area contributed by atoms with Gasteiger partial charge in [0.05, 0.1) is 0 Å². The van der Waals surface area contributed by atoms with Crippen molar-refractivity contribution in [3.63, 3.8) is 0 Å². The van der Waals surface area contributed by atoms with Crippen molar-refractivity contribution in [3.8, 4) is 0 Å². The van der Waals surface area contributed by atoms with Gasteiger partial charge in [-0.25, -0.2) is 0 Å². The quantitative estimate of drug-likeness (QED) is 0.555. The van der Waals surface area contributed by atoms with E-state index in [1.807, 2.05) is 0 Å². The van der Waals surface area contributed by atoms with Crippen LogP contribution in [-0.2, 0) is 17.1 Å². The summed E-state index contributed by atoms with van der Waals surface area (Å²) in [6.07, 6.45) is 13.8. The number of rotatable bonds is 3.